The highest BCUT2D eigenvalue weighted by molar-refractivity contribution is 5.74. The molecule has 0 aliphatic heterocycles. The minimum Gasteiger partial charge on any atom is -0.369 e. The van der Waals surface area contributed by atoms with Gasteiger partial charge in [0.05, 0.1) is 0 Å². The Morgan fingerprint density at radius 3 is 2.60 bits per heavy atom. The summed E-state index contributed by atoms with van der Waals surface area (Å²) in [5, 5.41) is 0. The van der Waals surface area contributed by atoms with E-state index < -0.39 is 0 Å². The number of hydrogen-bond acceptors (Lipinski definition) is 3. The van der Waals surface area contributed by atoms with Crippen LogP contribution in [0.2, 0.25) is 0 Å². The first kappa shape index (κ1) is 12.7. The van der Waals surface area contributed by atoms with Crippen LogP contribution in [0, 0.1) is 6.92 Å². The van der Waals surface area contributed by atoms with Crippen LogP contribution in [-0.4, -0.2) is 14.5 Å². The van der Waals surface area contributed by atoms with Gasteiger partial charge in [0.2, 0.25) is 5.95 Å². The average Bonchev–Trinajstić information content (AvgIpc) is 2.76. The molecule has 0 bridgehead atoms. The van der Waals surface area contributed by atoms with Gasteiger partial charge in [0, 0.05) is 12.2 Å². The van der Waals surface area contributed by atoms with Crippen molar-refractivity contribution < 1.29 is 0 Å². The number of nitrogens with two attached hydrogens (primary N) is 1. The van der Waals surface area contributed by atoms with Crippen molar-refractivity contribution in [3.63, 3.8) is 0 Å². The minimum absolute atomic E-state index is 0.359. The summed E-state index contributed by atoms with van der Waals surface area (Å²) in [5.74, 6) is 0.888. The van der Waals surface area contributed by atoms with Gasteiger partial charge < -0.3 is 5.73 Å². The Balaban J connectivity index is 1.98. The number of hydrogen-bond donors (Lipinski definition) is 1. The standard InChI is InChI=1S/C16H18N4/c1-11(13-6-4-3-5-7-13)10-20-15-14(19-16(20)17)9-8-12(2)18-15/h3-9,11H,10H2,1-2H3,(H2,17,19). The first-order valence-electron chi connectivity index (χ1n) is 6.79. The number of nitrogens with zero attached hydrogens (tertiary/aromatic N) is 3. The lowest BCUT2D eigenvalue weighted by Crippen LogP contribution is -2.10. The zero-order valence-corrected chi connectivity index (χ0v) is 11.7. The Bertz CT molecular complexity index is 731. The number of aromatic nitrogens is 3. The molecular weight excluding hydrogens is 248 g/mol. The second-order valence-corrected chi connectivity index (χ2v) is 5.19. The summed E-state index contributed by atoms with van der Waals surface area (Å²) in [7, 11) is 0. The van der Waals surface area contributed by atoms with E-state index in [9.17, 15) is 0 Å². The van der Waals surface area contributed by atoms with Crippen molar-refractivity contribution in [3.05, 3.63) is 53.7 Å². The van der Waals surface area contributed by atoms with Crippen LogP contribution in [0.1, 0.15) is 24.1 Å². The van der Waals surface area contributed by atoms with Gasteiger partial charge in [-0.3, -0.25) is 4.57 Å². The maximum Gasteiger partial charge on any atom is 0.202 e. The molecule has 1 aromatic carbocycles. The molecule has 0 amide bonds. The molecule has 4 heteroatoms. The second-order valence-electron chi connectivity index (χ2n) is 5.19. The normalized spacial score (nSPS) is 12.7. The van der Waals surface area contributed by atoms with E-state index in [0.29, 0.717) is 11.9 Å². The quantitative estimate of drug-likeness (QED) is 0.792. The number of rotatable bonds is 3. The van der Waals surface area contributed by atoms with Crippen LogP contribution in [0.4, 0.5) is 5.95 Å². The van der Waals surface area contributed by atoms with Gasteiger partial charge in [-0.15, -0.1) is 0 Å². The highest BCUT2D eigenvalue weighted by Gasteiger charge is 2.13. The van der Waals surface area contributed by atoms with Crippen LogP contribution >= 0.6 is 0 Å². The molecule has 0 fully saturated rings. The van der Waals surface area contributed by atoms with Gasteiger partial charge in [-0.2, -0.15) is 0 Å². The lowest BCUT2D eigenvalue weighted by Gasteiger charge is -2.14. The molecule has 3 aromatic rings. The molecule has 0 spiro atoms. The molecule has 0 radical (unpaired) electrons. The van der Waals surface area contributed by atoms with Crippen molar-refractivity contribution in [3.8, 4) is 0 Å². The maximum absolute atomic E-state index is 6.04. The smallest absolute Gasteiger partial charge is 0.202 e. The fourth-order valence-corrected chi connectivity index (χ4v) is 2.45. The van der Waals surface area contributed by atoms with Gasteiger partial charge in [-0.1, -0.05) is 37.3 Å². The zero-order chi connectivity index (χ0) is 14.1. The Morgan fingerprint density at radius 2 is 1.85 bits per heavy atom. The van der Waals surface area contributed by atoms with Crippen molar-refractivity contribution in [2.45, 2.75) is 26.3 Å². The summed E-state index contributed by atoms with van der Waals surface area (Å²) in [5.41, 5.74) is 10.0. The Kier molecular flexibility index (Phi) is 3.14. The van der Waals surface area contributed by atoms with Crippen LogP contribution < -0.4 is 5.73 Å². The molecule has 1 atom stereocenters. The lowest BCUT2D eigenvalue weighted by molar-refractivity contribution is 0.613. The SMILES string of the molecule is Cc1ccc2nc(N)n(CC(C)c3ccccc3)c2n1. The average molecular weight is 266 g/mol. The van der Waals surface area contributed by atoms with Gasteiger partial charge in [0.25, 0.3) is 0 Å². The molecular formula is C16H18N4. The number of pyridine rings is 1. The van der Waals surface area contributed by atoms with Crippen molar-refractivity contribution in [1.29, 1.82) is 0 Å². The lowest BCUT2D eigenvalue weighted by atomic mass is 10.0. The van der Waals surface area contributed by atoms with Crippen LogP contribution in [0.3, 0.4) is 0 Å². The highest BCUT2D eigenvalue weighted by atomic mass is 15.2. The van der Waals surface area contributed by atoms with Crippen LogP contribution in [-0.2, 0) is 6.54 Å². The number of aryl methyl sites for hydroxylation is 1. The Hall–Kier alpha value is -2.36. The van der Waals surface area contributed by atoms with Crippen molar-refractivity contribution in [2.75, 3.05) is 5.73 Å². The van der Waals surface area contributed by atoms with Crippen LogP contribution in [0.5, 0.6) is 0 Å². The summed E-state index contributed by atoms with van der Waals surface area (Å²) in [6, 6.07) is 14.4. The van der Waals surface area contributed by atoms with E-state index in [-0.39, 0.29) is 0 Å². The fourth-order valence-electron chi connectivity index (χ4n) is 2.45. The molecule has 102 valence electrons. The molecule has 4 nitrogen and oxygen atoms in total. The monoisotopic (exact) mass is 266 g/mol. The zero-order valence-electron chi connectivity index (χ0n) is 11.7. The third-order valence-corrected chi connectivity index (χ3v) is 3.59. The van der Waals surface area contributed by atoms with Crippen molar-refractivity contribution in [1.82, 2.24) is 14.5 Å². The third kappa shape index (κ3) is 2.25. The molecule has 2 heterocycles. The summed E-state index contributed by atoms with van der Waals surface area (Å²) < 4.78 is 2.00. The maximum atomic E-state index is 6.04. The Morgan fingerprint density at radius 1 is 1.10 bits per heavy atom. The van der Waals surface area contributed by atoms with Gasteiger partial charge in [0.15, 0.2) is 5.65 Å². The van der Waals surface area contributed by atoms with E-state index in [2.05, 4.69) is 41.2 Å². The van der Waals surface area contributed by atoms with Gasteiger partial charge >= 0.3 is 0 Å². The van der Waals surface area contributed by atoms with Gasteiger partial charge in [-0.05, 0) is 30.5 Å². The van der Waals surface area contributed by atoms with E-state index in [1.807, 2.05) is 29.7 Å². The summed E-state index contributed by atoms with van der Waals surface area (Å²) in [6.07, 6.45) is 0. The second kappa shape index (κ2) is 4.96. The molecule has 2 aromatic heterocycles. The molecule has 0 saturated heterocycles. The van der Waals surface area contributed by atoms with E-state index in [0.717, 1.165) is 23.4 Å². The van der Waals surface area contributed by atoms with Gasteiger partial charge in [-0.25, -0.2) is 9.97 Å². The van der Waals surface area contributed by atoms with E-state index >= 15 is 0 Å². The van der Waals surface area contributed by atoms with E-state index in [1.54, 1.807) is 0 Å². The van der Waals surface area contributed by atoms with Crippen molar-refractivity contribution in [2.24, 2.45) is 0 Å². The molecule has 1 unspecified atom stereocenters. The number of benzene rings is 1. The molecule has 0 aliphatic rings. The largest absolute Gasteiger partial charge is 0.369 e. The molecule has 2 N–H and O–H groups in total. The molecule has 20 heavy (non-hydrogen) atoms. The first-order valence-corrected chi connectivity index (χ1v) is 6.79. The molecule has 0 aliphatic carbocycles. The summed E-state index contributed by atoms with van der Waals surface area (Å²) >= 11 is 0. The number of nitrogen functional groups attached to an aromatic ring is 1. The van der Waals surface area contributed by atoms with Crippen LogP contribution in [0.25, 0.3) is 11.2 Å². The third-order valence-electron chi connectivity index (χ3n) is 3.59. The Labute approximate surface area is 118 Å². The number of anilines is 1. The predicted molar refractivity (Wildman–Crippen MR) is 81.5 cm³/mol. The number of fused-ring (bicyclic) bond motifs is 1. The van der Waals surface area contributed by atoms with Crippen LogP contribution in [0.15, 0.2) is 42.5 Å². The molecule has 0 saturated carbocycles. The summed E-state index contributed by atoms with van der Waals surface area (Å²) in [4.78, 5) is 8.94. The summed E-state index contributed by atoms with van der Waals surface area (Å²) in [6.45, 7) is 4.95. The number of imidazole rings is 1. The van der Waals surface area contributed by atoms with Gasteiger partial charge in [0.1, 0.15) is 5.52 Å². The highest BCUT2D eigenvalue weighted by Crippen LogP contribution is 2.22. The first-order chi connectivity index (χ1) is 9.65. The predicted octanol–water partition coefficient (Wildman–Crippen LogP) is 3.13. The topological polar surface area (TPSA) is 56.7 Å². The molecule has 3 rings (SSSR count). The minimum atomic E-state index is 0.359. The van der Waals surface area contributed by atoms with Crippen molar-refractivity contribution >= 4 is 17.1 Å². The van der Waals surface area contributed by atoms with E-state index in [4.69, 9.17) is 5.73 Å². The van der Waals surface area contributed by atoms with E-state index in [1.165, 1.54) is 5.56 Å². The fraction of sp³-hybridized carbons (Fsp3) is 0.250.